The van der Waals surface area contributed by atoms with Crippen LogP contribution in [-0.4, -0.2) is 21.4 Å². The van der Waals surface area contributed by atoms with Gasteiger partial charge in [-0.15, -0.1) is 0 Å². The third-order valence-corrected chi connectivity index (χ3v) is 6.58. The van der Waals surface area contributed by atoms with Crippen LogP contribution in [-0.2, 0) is 10.0 Å². The fraction of sp³-hybridized carbons (Fsp3) is 0.174. The van der Waals surface area contributed by atoms with E-state index >= 15 is 0 Å². The summed E-state index contributed by atoms with van der Waals surface area (Å²) in [5, 5.41) is 2.91. The van der Waals surface area contributed by atoms with Gasteiger partial charge in [0.05, 0.1) is 16.6 Å². The smallest absolute Gasteiger partial charge is 0.264 e. The summed E-state index contributed by atoms with van der Waals surface area (Å²) in [4.78, 5) is 12.7. The largest absolute Gasteiger partial charge is 0.346 e. The van der Waals surface area contributed by atoms with Crippen molar-refractivity contribution >= 4 is 21.6 Å². The van der Waals surface area contributed by atoms with Gasteiger partial charge in [0.25, 0.3) is 15.9 Å². The predicted molar refractivity (Wildman–Crippen MR) is 116 cm³/mol. The van der Waals surface area contributed by atoms with E-state index in [2.05, 4.69) is 5.32 Å². The molecule has 3 rings (SSSR count). The lowest BCUT2D eigenvalue weighted by molar-refractivity contribution is 0.0939. The van der Waals surface area contributed by atoms with Crippen LogP contribution in [0.2, 0.25) is 0 Å². The second kappa shape index (κ2) is 8.49. The minimum absolute atomic E-state index is 0.0700. The summed E-state index contributed by atoms with van der Waals surface area (Å²) in [5.74, 6) is -0.323. The summed E-state index contributed by atoms with van der Waals surface area (Å²) in [6.45, 7) is 3.83. The Labute approximate surface area is 172 Å². The zero-order valence-corrected chi connectivity index (χ0v) is 17.5. The molecule has 6 heteroatoms. The molecule has 0 aliphatic carbocycles. The van der Waals surface area contributed by atoms with E-state index in [1.165, 1.54) is 23.5 Å². The Hall–Kier alpha value is -3.12. The Balaban J connectivity index is 1.82. The molecule has 0 aromatic heterocycles. The summed E-state index contributed by atoms with van der Waals surface area (Å²) < 4.78 is 27.3. The van der Waals surface area contributed by atoms with E-state index in [9.17, 15) is 13.2 Å². The highest BCUT2D eigenvalue weighted by Crippen LogP contribution is 2.23. The molecule has 3 aromatic rings. The number of carbonyl (C=O) groups excluding carboxylic acids is 1. The Morgan fingerprint density at radius 1 is 0.931 bits per heavy atom. The molecule has 0 unspecified atom stereocenters. The quantitative estimate of drug-likeness (QED) is 0.661. The number of rotatable bonds is 6. The number of sulfonamides is 1. The van der Waals surface area contributed by atoms with Gasteiger partial charge in [-0.05, 0) is 49.7 Å². The number of benzene rings is 3. The number of hydrogen-bond acceptors (Lipinski definition) is 3. The first-order valence-electron chi connectivity index (χ1n) is 9.30. The zero-order chi connectivity index (χ0) is 21.0. The SMILES string of the molecule is Cc1ccc(N(C)S(=O)(=O)c2cccc(C(=O)N[C@H](C)c3ccccc3)c2)cc1. The average molecular weight is 409 g/mol. The maximum atomic E-state index is 13.0. The van der Waals surface area contributed by atoms with Gasteiger partial charge in [-0.3, -0.25) is 9.10 Å². The van der Waals surface area contributed by atoms with Crippen molar-refractivity contribution in [1.82, 2.24) is 5.32 Å². The molecule has 3 aromatic carbocycles. The Morgan fingerprint density at radius 3 is 2.24 bits per heavy atom. The molecule has 0 bridgehead atoms. The standard InChI is InChI=1S/C23H24N2O3S/c1-17-12-14-21(15-13-17)25(3)29(27,28)22-11-7-10-20(16-22)23(26)24-18(2)19-8-5-4-6-9-19/h4-16,18H,1-3H3,(H,24,26)/t18-/m1/s1. The Kier molecular flexibility index (Phi) is 6.03. The summed E-state index contributed by atoms with van der Waals surface area (Å²) in [6.07, 6.45) is 0. The molecule has 5 nitrogen and oxygen atoms in total. The fourth-order valence-corrected chi connectivity index (χ4v) is 4.20. The second-order valence-corrected chi connectivity index (χ2v) is 8.91. The van der Waals surface area contributed by atoms with Gasteiger partial charge in [0.15, 0.2) is 0 Å². The van der Waals surface area contributed by atoms with Crippen molar-refractivity contribution in [2.45, 2.75) is 24.8 Å². The maximum Gasteiger partial charge on any atom is 0.264 e. The van der Waals surface area contributed by atoms with Crippen LogP contribution in [0, 0.1) is 6.92 Å². The van der Waals surface area contributed by atoms with E-state index in [-0.39, 0.29) is 16.8 Å². The van der Waals surface area contributed by atoms with Gasteiger partial charge in [0.1, 0.15) is 0 Å². The highest BCUT2D eigenvalue weighted by atomic mass is 32.2. The first-order chi connectivity index (χ1) is 13.8. The molecule has 0 aliphatic rings. The van der Waals surface area contributed by atoms with Crippen LogP contribution in [0.5, 0.6) is 0 Å². The van der Waals surface area contributed by atoms with Crippen LogP contribution < -0.4 is 9.62 Å². The number of anilines is 1. The first kappa shape index (κ1) is 20.6. The summed E-state index contributed by atoms with van der Waals surface area (Å²) in [5.41, 5.74) is 2.88. The first-order valence-corrected chi connectivity index (χ1v) is 10.7. The minimum atomic E-state index is -3.79. The van der Waals surface area contributed by atoms with Gasteiger partial charge in [-0.25, -0.2) is 8.42 Å². The normalized spacial score (nSPS) is 12.2. The van der Waals surface area contributed by atoms with Crippen LogP contribution in [0.4, 0.5) is 5.69 Å². The number of aryl methyl sites for hydroxylation is 1. The molecule has 29 heavy (non-hydrogen) atoms. The number of carbonyl (C=O) groups is 1. The molecular formula is C23H24N2O3S. The van der Waals surface area contributed by atoms with E-state index in [0.717, 1.165) is 11.1 Å². The van der Waals surface area contributed by atoms with Crippen molar-refractivity contribution in [2.75, 3.05) is 11.4 Å². The highest BCUT2D eigenvalue weighted by Gasteiger charge is 2.22. The fourth-order valence-electron chi connectivity index (χ4n) is 2.95. The molecule has 0 heterocycles. The molecule has 1 atom stereocenters. The molecule has 0 saturated heterocycles. The Bertz CT molecular complexity index is 1090. The van der Waals surface area contributed by atoms with Gasteiger partial charge >= 0.3 is 0 Å². The van der Waals surface area contributed by atoms with Crippen LogP contribution in [0.1, 0.15) is 34.5 Å². The average Bonchev–Trinajstić information content (AvgIpc) is 2.74. The van der Waals surface area contributed by atoms with E-state index in [0.29, 0.717) is 11.3 Å². The maximum absolute atomic E-state index is 13.0. The number of hydrogen-bond donors (Lipinski definition) is 1. The van der Waals surface area contributed by atoms with Crippen LogP contribution >= 0.6 is 0 Å². The predicted octanol–water partition coefficient (Wildman–Crippen LogP) is 4.31. The second-order valence-electron chi connectivity index (χ2n) is 6.94. The van der Waals surface area contributed by atoms with Crippen LogP contribution in [0.3, 0.4) is 0 Å². The molecule has 1 N–H and O–H groups in total. The van der Waals surface area contributed by atoms with E-state index in [4.69, 9.17) is 0 Å². The molecule has 0 saturated carbocycles. The third-order valence-electron chi connectivity index (χ3n) is 4.80. The van der Waals surface area contributed by atoms with Crippen molar-refractivity contribution in [1.29, 1.82) is 0 Å². The lowest BCUT2D eigenvalue weighted by Crippen LogP contribution is -2.28. The van der Waals surface area contributed by atoms with Gasteiger partial charge in [-0.2, -0.15) is 0 Å². The summed E-state index contributed by atoms with van der Waals surface area (Å²) in [6, 6.07) is 22.7. The van der Waals surface area contributed by atoms with Crippen LogP contribution in [0.25, 0.3) is 0 Å². The molecule has 0 aliphatic heterocycles. The van der Waals surface area contributed by atoms with E-state index < -0.39 is 10.0 Å². The molecule has 0 spiro atoms. The van der Waals surface area contributed by atoms with Gasteiger partial charge < -0.3 is 5.32 Å². The number of nitrogens with one attached hydrogen (secondary N) is 1. The molecule has 150 valence electrons. The van der Waals surface area contributed by atoms with Crippen molar-refractivity contribution < 1.29 is 13.2 Å². The molecule has 0 fully saturated rings. The highest BCUT2D eigenvalue weighted by molar-refractivity contribution is 7.92. The monoisotopic (exact) mass is 408 g/mol. The van der Waals surface area contributed by atoms with Crippen molar-refractivity contribution in [3.05, 3.63) is 95.6 Å². The van der Waals surface area contributed by atoms with Gasteiger partial charge in [-0.1, -0.05) is 54.1 Å². The number of amides is 1. The van der Waals surface area contributed by atoms with Crippen LogP contribution in [0.15, 0.2) is 83.8 Å². The van der Waals surface area contributed by atoms with E-state index in [1.54, 1.807) is 24.3 Å². The summed E-state index contributed by atoms with van der Waals surface area (Å²) >= 11 is 0. The lowest BCUT2D eigenvalue weighted by atomic mass is 10.1. The minimum Gasteiger partial charge on any atom is -0.346 e. The lowest BCUT2D eigenvalue weighted by Gasteiger charge is -2.20. The molecule has 0 radical (unpaired) electrons. The van der Waals surface area contributed by atoms with Gasteiger partial charge in [0.2, 0.25) is 0 Å². The molecule has 1 amide bonds. The number of nitrogens with zero attached hydrogens (tertiary/aromatic N) is 1. The topological polar surface area (TPSA) is 66.5 Å². The van der Waals surface area contributed by atoms with Crippen molar-refractivity contribution in [2.24, 2.45) is 0 Å². The molecular weight excluding hydrogens is 384 g/mol. The third kappa shape index (κ3) is 4.66. The Morgan fingerprint density at radius 2 is 1.59 bits per heavy atom. The van der Waals surface area contributed by atoms with Crippen molar-refractivity contribution in [3.63, 3.8) is 0 Å². The van der Waals surface area contributed by atoms with Gasteiger partial charge in [0, 0.05) is 12.6 Å². The van der Waals surface area contributed by atoms with E-state index in [1.807, 2.05) is 56.3 Å². The zero-order valence-electron chi connectivity index (χ0n) is 16.7. The summed E-state index contributed by atoms with van der Waals surface area (Å²) in [7, 11) is -2.28. The van der Waals surface area contributed by atoms with Crippen molar-refractivity contribution in [3.8, 4) is 0 Å².